The van der Waals surface area contributed by atoms with Gasteiger partial charge in [-0.1, -0.05) is 18.2 Å². The molecule has 1 atom stereocenters. The fourth-order valence-corrected chi connectivity index (χ4v) is 4.47. The number of amides is 1. The summed E-state index contributed by atoms with van der Waals surface area (Å²) in [6.45, 7) is 3.89. The third-order valence-electron chi connectivity index (χ3n) is 4.63. The number of rotatable bonds is 1. The summed E-state index contributed by atoms with van der Waals surface area (Å²) in [5.74, 6) is -0.0463. The van der Waals surface area contributed by atoms with E-state index in [2.05, 4.69) is 18.0 Å². The molecule has 0 saturated heterocycles. The maximum atomic E-state index is 13.2. The standard InChI is InChI=1S/C18H17N3O2S/c1-10-8-12-6-4-5-7-13(12)21(10)18(23)15-11(2)14-16(24-15)19-9-20(3)17(14)22/h4-7,9-10H,8H2,1-3H3/t10-/m1/s1. The van der Waals surface area contributed by atoms with Gasteiger partial charge in [0.1, 0.15) is 4.83 Å². The quantitative estimate of drug-likeness (QED) is 0.685. The van der Waals surface area contributed by atoms with Crippen LogP contribution in [0.1, 0.15) is 27.7 Å². The van der Waals surface area contributed by atoms with Crippen molar-refractivity contribution in [1.29, 1.82) is 0 Å². The van der Waals surface area contributed by atoms with E-state index >= 15 is 0 Å². The zero-order chi connectivity index (χ0) is 17.0. The van der Waals surface area contributed by atoms with Crippen LogP contribution in [-0.2, 0) is 13.5 Å². The Morgan fingerprint density at radius 2 is 2.08 bits per heavy atom. The smallest absolute Gasteiger partial charge is 0.268 e. The van der Waals surface area contributed by atoms with Crippen LogP contribution in [0.2, 0.25) is 0 Å². The second-order valence-corrected chi connectivity index (χ2v) is 7.25. The molecule has 0 N–H and O–H groups in total. The van der Waals surface area contributed by atoms with Crippen LogP contribution in [0.4, 0.5) is 5.69 Å². The highest BCUT2D eigenvalue weighted by Crippen LogP contribution is 2.36. The summed E-state index contributed by atoms with van der Waals surface area (Å²) in [6, 6.07) is 8.10. The van der Waals surface area contributed by atoms with E-state index in [0.29, 0.717) is 15.1 Å². The SMILES string of the molecule is Cc1c(C(=O)N2c3ccccc3C[C@H]2C)sc2ncn(C)c(=O)c12. The van der Waals surface area contributed by atoms with E-state index in [1.54, 1.807) is 7.05 Å². The van der Waals surface area contributed by atoms with Crippen LogP contribution in [0.3, 0.4) is 0 Å². The molecule has 1 aliphatic rings. The first-order valence-corrected chi connectivity index (χ1v) is 8.67. The molecular formula is C18H17N3O2S. The summed E-state index contributed by atoms with van der Waals surface area (Å²) in [5.41, 5.74) is 2.77. The molecule has 5 nitrogen and oxygen atoms in total. The predicted octanol–water partition coefficient (Wildman–Crippen LogP) is 2.89. The number of benzene rings is 1. The number of carbonyl (C=O) groups is 1. The Balaban J connectivity index is 1.87. The minimum atomic E-state index is -0.109. The minimum Gasteiger partial charge on any atom is -0.304 e. The Labute approximate surface area is 143 Å². The molecule has 3 heterocycles. The Hall–Kier alpha value is -2.47. The van der Waals surface area contributed by atoms with Gasteiger partial charge >= 0.3 is 0 Å². The molecule has 2 aromatic heterocycles. The van der Waals surface area contributed by atoms with E-state index < -0.39 is 0 Å². The topological polar surface area (TPSA) is 55.2 Å². The number of hydrogen-bond acceptors (Lipinski definition) is 4. The van der Waals surface area contributed by atoms with Gasteiger partial charge in [-0.15, -0.1) is 11.3 Å². The minimum absolute atomic E-state index is 0.0463. The first-order chi connectivity index (χ1) is 11.5. The highest BCUT2D eigenvalue weighted by atomic mass is 32.1. The van der Waals surface area contributed by atoms with Crippen LogP contribution in [0.15, 0.2) is 35.4 Å². The fraction of sp³-hybridized carbons (Fsp3) is 0.278. The first kappa shape index (κ1) is 15.1. The predicted molar refractivity (Wildman–Crippen MR) is 96.0 cm³/mol. The van der Waals surface area contributed by atoms with Gasteiger partial charge in [-0.3, -0.25) is 9.59 Å². The molecule has 0 aliphatic carbocycles. The number of thiophene rings is 1. The maximum Gasteiger partial charge on any atom is 0.268 e. The molecule has 122 valence electrons. The molecule has 24 heavy (non-hydrogen) atoms. The van der Waals surface area contributed by atoms with Crippen LogP contribution in [0.25, 0.3) is 10.2 Å². The van der Waals surface area contributed by atoms with Crippen molar-refractivity contribution in [2.24, 2.45) is 7.05 Å². The van der Waals surface area contributed by atoms with Gasteiger partial charge in [-0.05, 0) is 37.5 Å². The first-order valence-electron chi connectivity index (χ1n) is 7.85. The van der Waals surface area contributed by atoms with Gasteiger partial charge in [0.2, 0.25) is 0 Å². The number of fused-ring (bicyclic) bond motifs is 2. The number of aromatic nitrogens is 2. The van der Waals surface area contributed by atoms with Gasteiger partial charge in [0.05, 0.1) is 16.6 Å². The lowest BCUT2D eigenvalue weighted by Crippen LogP contribution is -2.35. The Bertz CT molecular complexity index is 1030. The largest absolute Gasteiger partial charge is 0.304 e. The highest BCUT2D eigenvalue weighted by Gasteiger charge is 2.33. The lowest BCUT2D eigenvalue weighted by Gasteiger charge is -2.22. The van der Waals surface area contributed by atoms with Crippen molar-refractivity contribution in [1.82, 2.24) is 9.55 Å². The summed E-state index contributed by atoms with van der Waals surface area (Å²) >= 11 is 1.30. The van der Waals surface area contributed by atoms with Crippen molar-refractivity contribution in [3.63, 3.8) is 0 Å². The van der Waals surface area contributed by atoms with E-state index in [9.17, 15) is 9.59 Å². The van der Waals surface area contributed by atoms with Crippen LogP contribution in [0, 0.1) is 6.92 Å². The molecule has 0 saturated carbocycles. The van der Waals surface area contributed by atoms with Crippen LogP contribution < -0.4 is 10.5 Å². The van der Waals surface area contributed by atoms with Crippen LogP contribution in [-0.4, -0.2) is 21.5 Å². The van der Waals surface area contributed by atoms with E-state index in [0.717, 1.165) is 17.7 Å². The van der Waals surface area contributed by atoms with Gasteiger partial charge in [-0.2, -0.15) is 0 Å². The number of para-hydroxylation sites is 1. The molecule has 0 spiro atoms. The van der Waals surface area contributed by atoms with Gasteiger partial charge in [0.25, 0.3) is 11.5 Å². The number of anilines is 1. The molecule has 0 radical (unpaired) electrons. The normalized spacial score (nSPS) is 16.6. The number of carbonyl (C=O) groups excluding carboxylic acids is 1. The summed E-state index contributed by atoms with van der Waals surface area (Å²) in [4.78, 5) is 33.0. The van der Waals surface area contributed by atoms with Crippen LogP contribution >= 0.6 is 11.3 Å². The van der Waals surface area contributed by atoms with E-state index in [4.69, 9.17) is 0 Å². The fourth-order valence-electron chi connectivity index (χ4n) is 3.40. The second kappa shape index (κ2) is 5.27. The van der Waals surface area contributed by atoms with Crippen LogP contribution in [0.5, 0.6) is 0 Å². The second-order valence-electron chi connectivity index (χ2n) is 6.25. The van der Waals surface area contributed by atoms with Crippen molar-refractivity contribution in [2.75, 3.05) is 4.90 Å². The van der Waals surface area contributed by atoms with E-state index in [1.165, 1.54) is 27.8 Å². The molecule has 0 unspecified atom stereocenters. The Morgan fingerprint density at radius 1 is 1.33 bits per heavy atom. The maximum absolute atomic E-state index is 13.2. The molecule has 3 aromatic rings. The lowest BCUT2D eigenvalue weighted by atomic mass is 10.1. The molecule has 1 aliphatic heterocycles. The van der Waals surface area contributed by atoms with Crippen molar-refractivity contribution in [3.8, 4) is 0 Å². The molecule has 0 bridgehead atoms. The summed E-state index contributed by atoms with van der Waals surface area (Å²) in [7, 11) is 1.67. The summed E-state index contributed by atoms with van der Waals surface area (Å²) in [5, 5.41) is 0.550. The average molecular weight is 339 g/mol. The van der Waals surface area contributed by atoms with Gasteiger partial charge in [-0.25, -0.2) is 4.98 Å². The molecular weight excluding hydrogens is 322 g/mol. The Kier molecular flexibility index (Phi) is 3.31. The number of nitrogens with zero attached hydrogens (tertiary/aromatic N) is 3. The number of aryl methyl sites for hydroxylation is 2. The van der Waals surface area contributed by atoms with Crippen molar-refractivity contribution in [2.45, 2.75) is 26.3 Å². The molecule has 1 amide bonds. The van der Waals surface area contributed by atoms with E-state index in [-0.39, 0.29) is 17.5 Å². The average Bonchev–Trinajstić information content (AvgIpc) is 3.07. The van der Waals surface area contributed by atoms with Crippen molar-refractivity contribution in [3.05, 3.63) is 57.0 Å². The third kappa shape index (κ3) is 2.03. The highest BCUT2D eigenvalue weighted by molar-refractivity contribution is 7.20. The third-order valence-corrected chi connectivity index (χ3v) is 5.82. The Morgan fingerprint density at radius 3 is 2.88 bits per heavy atom. The molecule has 0 fully saturated rings. The molecule has 1 aromatic carbocycles. The van der Waals surface area contributed by atoms with Gasteiger partial charge in [0, 0.05) is 18.8 Å². The summed E-state index contributed by atoms with van der Waals surface area (Å²) in [6.07, 6.45) is 2.36. The lowest BCUT2D eigenvalue weighted by molar-refractivity contribution is 0.0985. The van der Waals surface area contributed by atoms with Gasteiger partial charge in [0.15, 0.2) is 0 Å². The summed E-state index contributed by atoms with van der Waals surface area (Å²) < 4.78 is 1.45. The zero-order valence-electron chi connectivity index (χ0n) is 13.7. The van der Waals surface area contributed by atoms with Crippen molar-refractivity contribution < 1.29 is 4.79 Å². The van der Waals surface area contributed by atoms with Gasteiger partial charge < -0.3 is 9.47 Å². The number of hydrogen-bond donors (Lipinski definition) is 0. The molecule has 4 rings (SSSR count). The monoisotopic (exact) mass is 339 g/mol. The van der Waals surface area contributed by atoms with Crippen molar-refractivity contribution >= 4 is 33.1 Å². The molecule has 6 heteroatoms. The zero-order valence-corrected chi connectivity index (χ0v) is 14.6. The van der Waals surface area contributed by atoms with E-state index in [1.807, 2.05) is 30.0 Å².